The van der Waals surface area contributed by atoms with Crippen LogP contribution < -0.4 is 11.1 Å². The van der Waals surface area contributed by atoms with Crippen LogP contribution in [0, 0.1) is 6.92 Å². The summed E-state index contributed by atoms with van der Waals surface area (Å²) >= 11 is 3.46. The van der Waals surface area contributed by atoms with Gasteiger partial charge in [-0.3, -0.25) is 0 Å². The van der Waals surface area contributed by atoms with Gasteiger partial charge in [0.1, 0.15) is 5.82 Å². The lowest BCUT2D eigenvalue weighted by Gasteiger charge is -2.16. The van der Waals surface area contributed by atoms with Crippen LogP contribution in [-0.2, 0) is 4.74 Å². The van der Waals surface area contributed by atoms with Gasteiger partial charge >= 0.3 is 0 Å². The van der Waals surface area contributed by atoms with Crippen LogP contribution in [0.5, 0.6) is 0 Å². The number of nitrogens with two attached hydrogens (primary N) is 1. The van der Waals surface area contributed by atoms with Crippen LogP contribution in [0.4, 0.5) is 11.5 Å². The lowest BCUT2D eigenvalue weighted by molar-refractivity contribution is 0.190. The fourth-order valence-electron chi connectivity index (χ4n) is 1.22. The minimum atomic E-state index is 0.210. The van der Waals surface area contributed by atoms with Gasteiger partial charge in [-0.25, -0.2) is 4.98 Å². The number of nitrogens with zero attached hydrogens (tertiary/aromatic N) is 1. The van der Waals surface area contributed by atoms with Crippen molar-refractivity contribution in [3.8, 4) is 0 Å². The zero-order valence-corrected chi connectivity index (χ0v) is 10.8. The third kappa shape index (κ3) is 3.07. The highest BCUT2D eigenvalue weighted by Crippen LogP contribution is 2.27. The largest absolute Gasteiger partial charge is 0.397 e. The zero-order valence-electron chi connectivity index (χ0n) is 9.17. The monoisotopic (exact) mass is 273 g/mol. The van der Waals surface area contributed by atoms with E-state index < -0.39 is 0 Å². The van der Waals surface area contributed by atoms with E-state index in [-0.39, 0.29) is 6.04 Å². The summed E-state index contributed by atoms with van der Waals surface area (Å²) in [5, 5.41) is 3.24. The van der Waals surface area contributed by atoms with Crippen molar-refractivity contribution in [3.05, 3.63) is 16.2 Å². The molecule has 0 spiro atoms. The molecule has 0 aliphatic heterocycles. The standard InChI is InChI=1S/C10H16BrN3O/c1-6(5-15-3)14-10-9(11)7(2)8(12)4-13-10/h4,6H,5,12H2,1-3H3,(H,13,14). The first-order valence-electron chi connectivity index (χ1n) is 4.72. The van der Waals surface area contributed by atoms with E-state index in [1.807, 2.05) is 13.8 Å². The van der Waals surface area contributed by atoms with Crippen LogP contribution >= 0.6 is 15.9 Å². The summed E-state index contributed by atoms with van der Waals surface area (Å²) in [6.07, 6.45) is 1.65. The van der Waals surface area contributed by atoms with Crippen molar-refractivity contribution in [3.63, 3.8) is 0 Å². The number of methoxy groups -OCH3 is 1. The van der Waals surface area contributed by atoms with Gasteiger partial charge in [0.25, 0.3) is 0 Å². The van der Waals surface area contributed by atoms with Gasteiger partial charge in [-0.05, 0) is 35.3 Å². The van der Waals surface area contributed by atoms with Crippen LogP contribution in [-0.4, -0.2) is 24.7 Å². The lowest BCUT2D eigenvalue weighted by atomic mass is 10.2. The Morgan fingerprint density at radius 2 is 2.33 bits per heavy atom. The molecule has 84 valence electrons. The summed E-state index contributed by atoms with van der Waals surface area (Å²) in [4.78, 5) is 4.22. The quantitative estimate of drug-likeness (QED) is 0.883. The zero-order chi connectivity index (χ0) is 11.4. The molecule has 0 radical (unpaired) electrons. The van der Waals surface area contributed by atoms with Gasteiger partial charge in [-0.1, -0.05) is 0 Å². The maximum Gasteiger partial charge on any atom is 0.140 e. The Kier molecular flexibility index (Phi) is 4.35. The molecule has 1 aromatic rings. The number of nitrogens with one attached hydrogen (secondary N) is 1. The first-order valence-corrected chi connectivity index (χ1v) is 5.51. The molecule has 0 saturated heterocycles. The molecule has 0 aliphatic carbocycles. The number of halogens is 1. The number of aromatic nitrogens is 1. The molecule has 1 unspecified atom stereocenters. The molecule has 0 bridgehead atoms. The number of pyridine rings is 1. The van der Waals surface area contributed by atoms with Gasteiger partial charge in [-0.2, -0.15) is 0 Å². The maximum atomic E-state index is 5.73. The topological polar surface area (TPSA) is 60.2 Å². The molecular weight excluding hydrogens is 258 g/mol. The van der Waals surface area contributed by atoms with Crippen molar-refractivity contribution < 1.29 is 4.74 Å². The number of rotatable bonds is 4. The summed E-state index contributed by atoms with van der Waals surface area (Å²) in [6, 6.07) is 0.210. The number of anilines is 2. The average Bonchev–Trinajstić information content (AvgIpc) is 2.20. The minimum Gasteiger partial charge on any atom is -0.397 e. The SMILES string of the molecule is COCC(C)Nc1ncc(N)c(C)c1Br. The van der Waals surface area contributed by atoms with E-state index in [9.17, 15) is 0 Å². The highest BCUT2D eigenvalue weighted by atomic mass is 79.9. The molecular formula is C10H16BrN3O. The van der Waals surface area contributed by atoms with Gasteiger partial charge in [0.2, 0.25) is 0 Å². The number of ether oxygens (including phenoxy) is 1. The van der Waals surface area contributed by atoms with Crippen LogP contribution in [0.25, 0.3) is 0 Å². The molecule has 0 saturated carbocycles. The summed E-state index contributed by atoms with van der Waals surface area (Å²) in [7, 11) is 1.68. The van der Waals surface area contributed by atoms with Gasteiger partial charge in [-0.15, -0.1) is 0 Å². The van der Waals surface area contributed by atoms with E-state index in [1.54, 1.807) is 13.3 Å². The van der Waals surface area contributed by atoms with Crippen LogP contribution in [0.2, 0.25) is 0 Å². The van der Waals surface area contributed by atoms with Crippen molar-refractivity contribution >= 4 is 27.4 Å². The van der Waals surface area contributed by atoms with Crippen molar-refractivity contribution in [2.75, 3.05) is 24.8 Å². The predicted molar refractivity (Wildman–Crippen MR) is 66.0 cm³/mol. The Labute approximate surface area is 98.3 Å². The Morgan fingerprint density at radius 1 is 1.67 bits per heavy atom. The predicted octanol–water partition coefficient (Wildman–Crippen LogP) is 2.18. The summed E-state index contributed by atoms with van der Waals surface area (Å²) in [5.74, 6) is 0.797. The van der Waals surface area contributed by atoms with Gasteiger partial charge in [0, 0.05) is 13.2 Å². The average molecular weight is 274 g/mol. The fraction of sp³-hybridized carbons (Fsp3) is 0.500. The molecule has 1 atom stereocenters. The maximum absolute atomic E-state index is 5.73. The summed E-state index contributed by atoms with van der Waals surface area (Å²) in [6.45, 7) is 4.62. The van der Waals surface area contributed by atoms with E-state index in [0.29, 0.717) is 12.3 Å². The van der Waals surface area contributed by atoms with E-state index in [0.717, 1.165) is 15.9 Å². The lowest BCUT2D eigenvalue weighted by Crippen LogP contribution is -2.22. The third-order valence-electron chi connectivity index (χ3n) is 2.10. The van der Waals surface area contributed by atoms with Crippen LogP contribution in [0.1, 0.15) is 12.5 Å². The number of hydrogen-bond donors (Lipinski definition) is 2. The van der Waals surface area contributed by atoms with Crippen LogP contribution in [0.3, 0.4) is 0 Å². The second-order valence-corrected chi connectivity index (χ2v) is 4.29. The molecule has 1 aromatic heterocycles. The number of nitrogen functional groups attached to an aromatic ring is 1. The molecule has 0 aliphatic rings. The molecule has 1 heterocycles. The molecule has 4 nitrogen and oxygen atoms in total. The molecule has 3 N–H and O–H groups in total. The van der Waals surface area contributed by atoms with E-state index in [2.05, 4.69) is 26.2 Å². The Hall–Kier alpha value is -0.810. The van der Waals surface area contributed by atoms with Gasteiger partial charge in [0.15, 0.2) is 0 Å². The Balaban J connectivity index is 2.82. The molecule has 0 aromatic carbocycles. The fourth-order valence-corrected chi connectivity index (χ4v) is 1.66. The highest BCUT2D eigenvalue weighted by Gasteiger charge is 2.09. The molecule has 0 amide bonds. The van der Waals surface area contributed by atoms with E-state index in [4.69, 9.17) is 10.5 Å². The Morgan fingerprint density at radius 3 is 2.93 bits per heavy atom. The van der Waals surface area contributed by atoms with Gasteiger partial charge in [0.05, 0.1) is 23.0 Å². The van der Waals surface area contributed by atoms with Crippen molar-refractivity contribution in [2.24, 2.45) is 0 Å². The second-order valence-electron chi connectivity index (χ2n) is 3.50. The molecule has 15 heavy (non-hydrogen) atoms. The summed E-state index contributed by atoms with van der Waals surface area (Å²) < 4.78 is 5.95. The van der Waals surface area contributed by atoms with Crippen molar-refractivity contribution in [1.82, 2.24) is 4.98 Å². The molecule has 1 rings (SSSR count). The third-order valence-corrected chi connectivity index (χ3v) is 3.07. The van der Waals surface area contributed by atoms with E-state index in [1.165, 1.54) is 0 Å². The first-order chi connectivity index (χ1) is 7.06. The highest BCUT2D eigenvalue weighted by molar-refractivity contribution is 9.10. The first kappa shape index (κ1) is 12.3. The smallest absolute Gasteiger partial charge is 0.140 e. The molecule has 5 heteroatoms. The van der Waals surface area contributed by atoms with Crippen LogP contribution in [0.15, 0.2) is 10.7 Å². The normalized spacial score (nSPS) is 12.5. The number of hydrogen-bond acceptors (Lipinski definition) is 4. The van der Waals surface area contributed by atoms with Crippen molar-refractivity contribution in [2.45, 2.75) is 19.9 Å². The van der Waals surface area contributed by atoms with Gasteiger partial charge < -0.3 is 15.8 Å². The second kappa shape index (κ2) is 5.32. The van der Waals surface area contributed by atoms with E-state index >= 15 is 0 Å². The summed E-state index contributed by atoms with van der Waals surface area (Å²) in [5.41, 5.74) is 7.42. The van der Waals surface area contributed by atoms with Crippen molar-refractivity contribution in [1.29, 1.82) is 0 Å². The molecule has 0 fully saturated rings. The minimum absolute atomic E-state index is 0.210. The Bertz CT molecular complexity index is 344.